The van der Waals surface area contributed by atoms with E-state index in [1.54, 1.807) is 7.11 Å². The number of carboxylic acids is 1. The largest absolute Gasteiger partial charge is 0.496 e. The second-order valence-corrected chi connectivity index (χ2v) is 5.32. The summed E-state index contributed by atoms with van der Waals surface area (Å²) in [6, 6.07) is 10.1. The molecule has 0 fully saturated rings. The van der Waals surface area contributed by atoms with Crippen LogP contribution >= 0.6 is 15.9 Å². The maximum atomic E-state index is 10.6. The highest BCUT2D eigenvalue weighted by atomic mass is 79.9. The van der Waals surface area contributed by atoms with Crippen molar-refractivity contribution in [3.05, 3.63) is 40.4 Å². The SMILES string of the molecule is COc1cc2ccc(Br)cc2cc1CCCC(=O)O. The van der Waals surface area contributed by atoms with Crippen LogP contribution in [0.3, 0.4) is 0 Å². The molecule has 19 heavy (non-hydrogen) atoms. The molecule has 0 unspecified atom stereocenters. The summed E-state index contributed by atoms with van der Waals surface area (Å²) in [4.78, 5) is 10.6. The molecule has 2 aromatic rings. The van der Waals surface area contributed by atoms with Gasteiger partial charge in [-0.3, -0.25) is 4.79 Å². The number of fused-ring (bicyclic) bond motifs is 1. The Morgan fingerprint density at radius 2 is 2.05 bits per heavy atom. The van der Waals surface area contributed by atoms with Crippen LogP contribution in [0.1, 0.15) is 18.4 Å². The maximum absolute atomic E-state index is 10.6. The fourth-order valence-corrected chi connectivity index (χ4v) is 2.49. The molecular formula is C15H15BrO3. The van der Waals surface area contributed by atoms with Gasteiger partial charge in [-0.15, -0.1) is 0 Å². The monoisotopic (exact) mass is 322 g/mol. The lowest BCUT2D eigenvalue weighted by Gasteiger charge is -2.10. The number of halogens is 1. The summed E-state index contributed by atoms with van der Waals surface area (Å²) >= 11 is 3.46. The maximum Gasteiger partial charge on any atom is 0.303 e. The van der Waals surface area contributed by atoms with E-state index in [0.717, 1.165) is 26.6 Å². The topological polar surface area (TPSA) is 46.5 Å². The molecule has 0 amide bonds. The first kappa shape index (κ1) is 13.9. The van der Waals surface area contributed by atoms with Gasteiger partial charge in [0.05, 0.1) is 7.11 Å². The highest BCUT2D eigenvalue weighted by molar-refractivity contribution is 9.10. The molecule has 0 aromatic heterocycles. The second-order valence-electron chi connectivity index (χ2n) is 4.40. The molecular weight excluding hydrogens is 308 g/mol. The van der Waals surface area contributed by atoms with Crippen LogP contribution in [0.5, 0.6) is 5.75 Å². The molecule has 4 heteroatoms. The van der Waals surface area contributed by atoms with Crippen LogP contribution in [0.15, 0.2) is 34.8 Å². The lowest BCUT2D eigenvalue weighted by atomic mass is 10.0. The third-order valence-corrected chi connectivity index (χ3v) is 3.53. The number of rotatable bonds is 5. The molecule has 0 saturated carbocycles. The van der Waals surface area contributed by atoms with Gasteiger partial charge in [-0.2, -0.15) is 0 Å². The average molecular weight is 323 g/mol. The fourth-order valence-electron chi connectivity index (χ4n) is 2.11. The van der Waals surface area contributed by atoms with Crippen molar-refractivity contribution in [1.29, 1.82) is 0 Å². The predicted octanol–water partition coefficient (Wildman–Crippen LogP) is 4.02. The van der Waals surface area contributed by atoms with E-state index < -0.39 is 5.97 Å². The Hall–Kier alpha value is -1.55. The summed E-state index contributed by atoms with van der Waals surface area (Å²) in [6.45, 7) is 0. The smallest absolute Gasteiger partial charge is 0.303 e. The molecule has 100 valence electrons. The van der Waals surface area contributed by atoms with Crippen LogP contribution in [-0.2, 0) is 11.2 Å². The first-order valence-electron chi connectivity index (χ1n) is 6.08. The highest BCUT2D eigenvalue weighted by Gasteiger charge is 2.07. The molecule has 0 radical (unpaired) electrons. The van der Waals surface area contributed by atoms with Crippen LogP contribution in [0, 0.1) is 0 Å². The van der Waals surface area contributed by atoms with E-state index >= 15 is 0 Å². The van der Waals surface area contributed by atoms with Crippen molar-refractivity contribution in [1.82, 2.24) is 0 Å². The molecule has 0 spiro atoms. The van der Waals surface area contributed by atoms with E-state index in [0.29, 0.717) is 12.8 Å². The summed E-state index contributed by atoms with van der Waals surface area (Å²) in [7, 11) is 1.64. The van der Waals surface area contributed by atoms with Crippen molar-refractivity contribution in [2.24, 2.45) is 0 Å². The lowest BCUT2D eigenvalue weighted by Crippen LogP contribution is -1.98. The van der Waals surface area contributed by atoms with Crippen LogP contribution in [0.4, 0.5) is 0 Å². The fraction of sp³-hybridized carbons (Fsp3) is 0.267. The van der Waals surface area contributed by atoms with Gasteiger partial charge in [0, 0.05) is 10.9 Å². The van der Waals surface area contributed by atoms with E-state index in [1.165, 1.54) is 0 Å². The zero-order valence-electron chi connectivity index (χ0n) is 10.6. The molecule has 0 bridgehead atoms. The Morgan fingerprint density at radius 3 is 2.74 bits per heavy atom. The third kappa shape index (κ3) is 3.47. The number of carboxylic acid groups (broad SMARTS) is 1. The normalized spacial score (nSPS) is 10.6. The minimum absolute atomic E-state index is 0.180. The van der Waals surface area contributed by atoms with Crippen molar-refractivity contribution < 1.29 is 14.6 Å². The zero-order chi connectivity index (χ0) is 13.8. The number of ether oxygens (including phenoxy) is 1. The molecule has 0 aliphatic rings. The van der Waals surface area contributed by atoms with E-state index in [-0.39, 0.29) is 6.42 Å². The lowest BCUT2D eigenvalue weighted by molar-refractivity contribution is -0.137. The molecule has 0 heterocycles. The molecule has 0 aliphatic carbocycles. The zero-order valence-corrected chi connectivity index (χ0v) is 12.2. The van der Waals surface area contributed by atoms with Crippen LogP contribution in [0.25, 0.3) is 10.8 Å². The summed E-state index contributed by atoms with van der Waals surface area (Å²) in [6.07, 6.45) is 1.50. The second kappa shape index (κ2) is 6.06. The van der Waals surface area contributed by atoms with Gasteiger partial charge in [0.1, 0.15) is 5.75 Å². The standard InChI is InChI=1S/C15H15BrO3/c1-19-14-9-10-5-6-13(16)8-12(10)7-11(14)3-2-4-15(17)18/h5-9H,2-4H2,1H3,(H,17,18). The highest BCUT2D eigenvalue weighted by Crippen LogP contribution is 2.29. The molecule has 0 atom stereocenters. The third-order valence-electron chi connectivity index (χ3n) is 3.04. The summed E-state index contributed by atoms with van der Waals surface area (Å²) in [5.74, 6) is 0.0581. The van der Waals surface area contributed by atoms with Crippen LogP contribution < -0.4 is 4.74 Å². The van der Waals surface area contributed by atoms with Crippen molar-refractivity contribution in [2.45, 2.75) is 19.3 Å². The molecule has 2 rings (SSSR count). The number of benzene rings is 2. The van der Waals surface area contributed by atoms with Gasteiger partial charge >= 0.3 is 5.97 Å². The Bertz CT molecular complexity index is 608. The number of hydrogen-bond acceptors (Lipinski definition) is 2. The number of hydrogen-bond donors (Lipinski definition) is 1. The molecule has 2 aromatic carbocycles. The van der Waals surface area contributed by atoms with Crippen LogP contribution in [-0.4, -0.2) is 18.2 Å². The van der Waals surface area contributed by atoms with E-state index in [2.05, 4.69) is 28.1 Å². The first-order chi connectivity index (χ1) is 9.10. The number of aryl methyl sites for hydroxylation is 1. The molecule has 0 saturated heterocycles. The molecule has 3 nitrogen and oxygen atoms in total. The minimum atomic E-state index is -0.762. The number of methoxy groups -OCH3 is 1. The Morgan fingerprint density at radius 1 is 1.26 bits per heavy atom. The van der Waals surface area contributed by atoms with Gasteiger partial charge in [0.25, 0.3) is 0 Å². The number of aliphatic carboxylic acids is 1. The Balaban J connectivity index is 2.32. The van der Waals surface area contributed by atoms with Gasteiger partial charge in [-0.25, -0.2) is 0 Å². The van der Waals surface area contributed by atoms with E-state index in [1.807, 2.05) is 18.2 Å². The first-order valence-corrected chi connectivity index (χ1v) is 6.87. The predicted molar refractivity (Wildman–Crippen MR) is 78.8 cm³/mol. The van der Waals surface area contributed by atoms with Crippen molar-refractivity contribution in [2.75, 3.05) is 7.11 Å². The molecule has 1 N–H and O–H groups in total. The van der Waals surface area contributed by atoms with E-state index in [4.69, 9.17) is 9.84 Å². The Labute approximate surface area is 120 Å². The summed E-state index contributed by atoms with van der Waals surface area (Å²) in [5.41, 5.74) is 1.05. The van der Waals surface area contributed by atoms with Crippen LogP contribution in [0.2, 0.25) is 0 Å². The van der Waals surface area contributed by atoms with Gasteiger partial charge in [0.15, 0.2) is 0 Å². The van der Waals surface area contributed by atoms with Gasteiger partial charge in [-0.05, 0) is 53.4 Å². The minimum Gasteiger partial charge on any atom is -0.496 e. The number of carbonyl (C=O) groups is 1. The quantitative estimate of drug-likeness (QED) is 0.904. The van der Waals surface area contributed by atoms with Crippen molar-refractivity contribution in [3.63, 3.8) is 0 Å². The summed E-state index contributed by atoms with van der Waals surface area (Å²) < 4.78 is 6.41. The van der Waals surface area contributed by atoms with E-state index in [9.17, 15) is 4.79 Å². The van der Waals surface area contributed by atoms with Gasteiger partial charge < -0.3 is 9.84 Å². The van der Waals surface area contributed by atoms with Gasteiger partial charge in [-0.1, -0.05) is 22.0 Å². The molecule has 0 aliphatic heterocycles. The average Bonchev–Trinajstić information content (AvgIpc) is 2.37. The van der Waals surface area contributed by atoms with Crippen molar-refractivity contribution in [3.8, 4) is 5.75 Å². The Kier molecular flexibility index (Phi) is 4.43. The van der Waals surface area contributed by atoms with Crippen molar-refractivity contribution >= 4 is 32.7 Å². The summed E-state index contributed by atoms with van der Waals surface area (Å²) in [5, 5.41) is 10.9. The van der Waals surface area contributed by atoms with Gasteiger partial charge in [0.2, 0.25) is 0 Å².